The molecular weight excluding hydrogens is 356 g/mol. The normalized spacial score (nSPS) is 11.1. The average molecular weight is 378 g/mol. The average Bonchev–Trinajstić information content (AvgIpc) is 2.57. The van der Waals surface area contributed by atoms with Crippen molar-refractivity contribution in [2.24, 2.45) is 5.14 Å². The number of amides is 1. The van der Waals surface area contributed by atoms with Crippen molar-refractivity contribution in [1.82, 2.24) is 0 Å². The van der Waals surface area contributed by atoms with Gasteiger partial charge in [0.1, 0.15) is 0 Å². The Balaban J connectivity index is 2.24. The largest absolute Gasteiger partial charge is 0.493 e. The van der Waals surface area contributed by atoms with Gasteiger partial charge in [0.15, 0.2) is 11.5 Å². The number of carbonyl (C=O) groups is 1. The monoisotopic (exact) mass is 378 g/mol. The van der Waals surface area contributed by atoms with E-state index in [0.717, 1.165) is 16.7 Å². The zero-order chi connectivity index (χ0) is 19.5. The maximum absolute atomic E-state index is 12.4. The number of hydrogen-bond donors (Lipinski definition) is 2. The molecule has 7 nitrogen and oxygen atoms in total. The molecule has 0 aromatic heterocycles. The van der Waals surface area contributed by atoms with Crippen LogP contribution >= 0.6 is 0 Å². The minimum Gasteiger partial charge on any atom is -0.493 e. The number of primary sulfonamides is 1. The first-order valence-electron chi connectivity index (χ1n) is 7.80. The van der Waals surface area contributed by atoms with Gasteiger partial charge in [-0.05, 0) is 54.8 Å². The molecule has 0 aliphatic carbocycles. The fourth-order valence-corrected chi connectivity index (χ4v) is 3.11. The van der Waals surface area contributed by atoms with Crippen molar-refractivity contribution in [3.8, 4) is 11.5 Å². The highest BCUT2D eigenvalue weighted by Crippen LogP contribution is 2.28. The molecule has 0 heterocycles. The minimum atomic E-state index is -3.86. The molecule has 1 amide bonds. The second-order valence-corrected chi connectivity index (χ2v) is 7.43. The lowest BCUT2D eigenvalue weighted by Crippen LogP contribution is -2.17. The lowest BCUT2D eigenvalue weighted by Gasteiger charge is -2.13. The maximum Gasteiger partial charge on any atom is 0.238 e. The molecule has 2 aromatic carbocycles. The summed E-state index contributed by atoms with van der Waals surface area (Å²) in [5, 5.41) is 7.94. The third-order valence-corrected chi connectivity index (χ3v) is 4.95. The van der Waals surface area contributed by atoms with Crippen molar-refractivity contribution >= 4 is 21.6 Å². The van der Waals surface area contributed by atoms with E-state index in [0.29, 0.717) is 17.2 Å². The molecule has 2 rings (SSSR count). The van der Waals surface area contributed by atoms with Gasteiger partial charge < -0.3 is 14.8 Å². The van der Waals surface area contributed by atoms with Crippen LogP contribution in [0.4, 0.5) is 5.69 Å². The number of sulfonamides is 1. The standard InChI is InChI=1S/C18H22N2O5S/c1-11-7-14(26(19,22)23)10-15(12(11)2)20-18(21)9-13-5-6-16(24-3)17(8-13)25-4/h5-8,10H,9H2,1-4H3,(H,20,21)(H2,19,22,23). The summed E-state index contributed by atoms with van der Waals surface area (Å²) in [5.74, 6) is 0.816. The Kier molecular flexibility index (Phi) is 5.89. The first-order chi connectivity index (χ1) is 12.2. The molecule has 2 aromatic rings. The van der Waals surface area contributed by atoms with Crippen molar-refractivity contribution in [2.75, 3.05) is 19.5 Å². The van der Waals surface area contributed by atoms with E-state index >= 15 is 0 Å². The number of methoxy groups -OCH3 is 2. The van der Waals surface area contributed by atoms with Crippen molar-refractivity contribution in [3.05, 3.63) is 47.0 Å². The van der Waals surface area contributed by atoms with Gasteiger partial charge in [-0.25, -0.2) is 13.6 Å². The van der Waals surface area contributed by atoms with Crippen LogP contribution in [0.15, 0.2) is 35.2 Å². The quantitative estimate of drug-likeness (QED) is 0.801. The van der Waals surface area contributed by atoms with E-state index in [1.165, 1.54) is 26.4 Å². The van der Waals surface area contributed by atoms with E-state index in [1.54, 1.807) is 32.0 Å². The van der Waals surface area contributed by atoms with E-state index < -0.39 is 10.0 Å². The molecule has 0 bridgehead atoms. The van der Waals surface area contributed by atoms with Gasteiger partial charge in [-0.2, -0.15) is 0 Å². The van der Waals surface area contributed by atoms with E-state index in [-0.39, 0.29) is 17.2 Å². The Bertz CT molecular complexity index is 939. The van der Waals surface area contributed by atoms with Gasteiger partial charge in [0, 0.05) is 5.69 Å². The van der Waals surface area contributed by atoms with Crippen LogP contribution in [-0.2, 0) is 21.2 Å². The van der Waals surface area contributed by atoms with Crippen molar-refractivity contribution < 1.29 is 22.7 Å². The van der Waals surface area contributed by atoms with Gasteiger partial charge in [-0.3, -0.25) is 4.79 Å². The number of hydrogen-bond acceptors (Lipinski definition) is 5. The van der Waals surface area contributed by atoms with E-state index in [1.807, 2.05) is 0 Å². The number of ether oxygens (including phenoxy) is 2. The molecule has 0 saturated carbocycles. The molecule has 0 aliphatic rings. The highest BCUT2D eigenvalue weighted by Gasteiger charge is 2.15. The molecule has 0 atom stereocenters. The van der Waals surface area contributed by atoms with E-state index in [4.69, 9.17) is 14.6 Å². The molecule has 0 spiro atoms. The van der Waals surface area contributed by atoms with Crippen molar-refractivity contribution in [3.63, 3.8) is 0 Å². The topological polar surface area (TPSA) is 108 Å². The summed E-state index contributed by atoms with van der Waals surface area (Å²) < 4.78 is 33.6. The molecule has 0 saturated heterocycles. The fourth-order valence-electron chi connectivity index (χ4n) is 2.49. The lowest BCUT2D eigenvalue weighted by atomic mass is 10.1. The molecule has 140 valence electrons. The van der Waals surface area contributed by atoms with Crippen molar-refractivity contribution in [1.29, 1.82) is 0 Å². The Morgan fingerprint density at radius 2 is 1.73 bits per heavy atom. The number of aryl methyl sites for hydroxylation is 1. The number of rotatable bonds is 6. The van der Waals surface area contributed by atoms with Gasteiger partial charge in [-0.15, -0.1) is 0 Å². The minimum absolute atomic E-state index is 0.0398. The van der Waals surface area contributed by atoms with Gasteiger partial charge in [0.2, 0.25) is 15.9 Å². The summed E-state index contributed by atoms with van der Waals surface area (Å²) in [5.41, 5.74) is 2.65. The second-order valence-electron chi connectivity index (χ2n) is 5.87. The summed E-state index contributed by atoms with van der Waals surface area (Å²) in [6, 6.07) is 8.05. The van der Waals surface area contributed by atoms with E-state index in [2.05, 4.69) is 5.32 Å². The van der Waals surface area contributed by atoms with Crippen LogP contribution < -0.4 is 19.9 Å². The molecule has 8 heteroatoms. The molecular formula is C18H22N2O5S. The van der Waals surface area contributed by atoms with Gasteiger partial charge in [0.05, 0.1) is 25.5 Å². The number of nitrogens with one attached hydrogen (secondary N) is 1. The Morgan fingerprint density at radius 3 is 2.31 bits per heavy atom. The van der Waals surface area contributed by atoms with Crippen LogP contribution in [0, 0.1) is 13.8 Å². The van der Waals surface area contributed by atoms with Crippen LogP contribution in [0.3, 0.4) is 0 Å². The third-order valence-electron chi connectivity index (χ3n) is 4.06. The summed E-state index contributed by atoms with van der Waals surface area (Å²) in [7, 11) is -0.802. The predicted octanol–water partition coefficient (Wildman–Crippen LogP) is 2.15. The summed E-state index contributed by atoms with van der Waals surface area (Å²) in [6.07, 6.45) is 0.0957. The second kappa shape index (κ2) is 7.76. The van der Waals surface area contributed by atoms with Crippen LogP contribution in [0.2, 0.25) is 0 Å². The smallest absolute Gasteiger partial charge is 0.238 e. The zero-order valence-corrected chi connectivity index (χ0v) is 15.9. The van der Waals surface area contributed by atoms with Gasteiger partial charge in [-0.1, -0.05) is 6.07 Å². The summed E-state index contributed by atoms with van der Waals surface area (Å²) >= 11 is 0. The van der Waals surface area contributed by atoms with Gasteiger partial charge in [0.25, 0.3) is 0 Å². The number of benzene rings is 2. The van der Waals surface area contributed by atoms with Gasteiger partial charge >= 0.3 is 0 Å². The highest BCUT2D eigenvalue weighted by atomic mass is 32.2. The molecule has 3 N–H and O–H groups in total. The highest BCUT2D eigenvalue weighted by molar-refractivity contribution is 7.89. The predicted molar refractivity (Wildman–Crippen MR) is 99.2 cm³/mol. The van der Waals surface area contributed by atoms with E-state index in [9.17, 15) is 13.2 Å². The number of anilines is 1. The van der Waals surface area contributed by atoms with Crippen LogP contribution in [0.5, 0.6) is 11.5 Å². The number of carbonyl (C=O) groups excluding carboxylic acids is 1. The lowest BCUT2D eigenvalue weighted by molar-refractivity contribution is -0.115. The Hall–Kier alpha value is -2.58. The van der Waals surface area contributed by atoms with Crippen molar-refractivity contribution in [2.45, 2.75) is 25.2 Å². The molecule has 0 radical (unpaired) electrons. The first-order valence-corrected chi connectivity index (χ1v) is 9.35. The zero-order valence-electron chi connectivity index (χ0n) is 15.1. The summed E-state index contributed by atoms with van der Waals surface area (Å²) in [6.45, 7) is 3.56. The summed E-state index contributed by atoms with van der Waals surface area (Å²) in [4.78, 5) is 12.4. The Labute approximate surface area is 153 Å². The first kappa shape index (κ1) is 19.7. The van der Waals surface area contributed by atoms with Crippen LogP contribution in [-0.4, -0.2) is 28.5 Å². The third kappa shape index (κ3) is 4.53. The molecule has 26 heavy (non-hydrogen) atoms. The molecule has 0 unspecified atom stereocenters. The molecule has 0 fully saturated rings. The number of nitrogens with two attached hydrogens (primary N) is 1. The van der Waals surface area contributed by atoms with Crippen LogP contribution in [0.25, 0.3) is 0 Å². The Morgan fingerprint density at radius 1 is 1.08 bits per heavy atom. The SMILES string of the molecule is COc1ccc(CC(=O)Nc2cc(S(N)(=O)=O)cc(C)c2C)cc1OC. The maximum atomic E-state index is 12.4. The fraction of sp³-hybridized carbons (Fsp3) is 0.278. The van der Waals surface area contributed by atoms with Crippen LogP contribution in [0.1, 0.15) is 16.7 Å². The molecule has 0 aliphatic heterocycles.